The Morgan fingerprint density at radius 2 is 1.78 bits per heavy atom. The highest BCUT2D eigenvalue weighted by Gasteiger charge is 2.23. The highest BCUT2D eigenvalue weighted by atomic mass is 35.5. The molecule has 0 saturated carbocycles. The molecule has 7 nitrogen and oxygen atoms in total. The first-order chi connectivity index (χ1) is 10.9. The molecular formula is C14H17Cl2N3O4. The van der Waals surface area contributed by atoms with Crippen LogP contribution in [-0.2, 0) is 4.79 Å². The lowest BCUT2D eigenvalue weighted by Gasteiger charge is -2.16. The molecule has 3 amide bonds. The molecule has 23 heavy (non-hydrogen) atoms. The number of hydrogen-bond acceptors (Lipinski definition) is 3. The summed E-state index contributed by atoms with van der Waals surface area (Å²) < 4.78 is 0. The minimum absolute atomic E-state index is 0.0162. The molecule has 1 unspecified atom stereocenters. The Hall–Kier alpha value is -1.99. The van der Waals surface area contributed by atoms with Crippen LogP contribution in [0, 0.1) is 0 Å². The number of carboxylic acid groups (broad SMARTS) is 1. The van der Waals surface area contributed by atoms with Crippen LogP contribution in [0.15, 0.2) is 18.2 Å². The monoisotopic (exact) mass is 361 g/mol. The fourth-order valence-corrected chi connectivity index (χ4v) is 2.21. The van der Waals surface area contributed by atoms with Gasteiger partial charge in [0.15, 0.2) is 0 Å². The molecule has 0 aliphatic rings. The number of carbonyl (C=O) groups excluding carboxylic acids is 2. The molecular weight excluding hydrogens is 345 g/mol. The Bertz CT molecular complexity index is 575. The van der Waals surface area contributed by atoms with Gasteiger partial charge in [0.1, 0.15) is 6.04 Å². The Balaban J connectivity index is 2.71. The number of halogens is 2. The molecule has 9 heteroatoms. The average molecular weight is 362 g/mol. The van der Waals surface area contributed by atoms with Crippen molar-refractivity contribution in [2.24, 2.45) is 0 Å². The molecule has 1 aromatic rings. The summed E-state index contributed by atoms with van der Waals surface area (Å²) in [4.78, 5) is 34.8. The van der Waals surface area contributed by atoms with Crippen molar-refractivity contribution in [3.05, 3.63) is 33.8 Å². The zero-order chi connectivity index (χ0) is 17.4. The molecule has 0 bridgehead atoms. The molecule has 1 rings (SSSR count). The van der Waals surface area contributed by atoms with Crippen LogP contribution in [-0.4, -0.2) is 42.1 Å². The SMILES string of the molecule is CCCNC(=O)NCC(NC(=O)c1c(Cl)cccc1Cl)C(=O)O. The van der Waals surface area contributed by atoms with E-state index in [2.05, 4.69) is 16.0 Å². The van der Waals surface area contributed by atoms with Gasteiger partial charge in [-0.05, 0) is 18.6 Å². The molecule has 0 heterocycles. The summed E-state index contributed by atoms with van der Waals surface area (Å²) in [5.41, 5.74) is -0.0162. The molecule has 4 N–H and O–H groups in total. The third-order valence-corrected chi connectivity index (χ3v) is 3.43. The highest BCUT2D eigenvalue weighted by molar-refractivity contribution is 6.39. The Morgan fingerprint density at radius 1 is 1.17 bits per heavy atom. The van der Waals surface area contributed by atoms with Crippen LogP contribution in [0.5, 0.6) is 0 Å². The summed E-state index contributed by atoms with van der Waals surface area (Å²) >= 11 is 11.8. The summed E-state index contributed by atoms with van der Waals surface area (Å²) in [6.45, 7) is 2.07. The van der Waals surface area contributed by atoms with E-state index in [-0.39, 0.29) is 22.2 Å². The second kappa shape index (κ2) is 9.22. The van der Waals surface area contributed by atoms with Gasteiger partial charge in [-0.1, -0.05) is 36.2 Å². The van der Waals surface area contributed by atoms with Crippen molar-refractivity contribution < 1.29 is 19.5 Å². The van der Waals surface area contributed by atoms with Gasteiger partial charge >= 0.3 is 12.0 Å². The smallest absolute Gasteiger partial charge is 0.328 e. The van der Waals surface area contributed by atoms with Crippen molar-refractivity contribution in [3.8, 4) is 0 Å². The molecule has 0 aliphatic heterocycles. The first-order valence-electron chi connectivity index (χ1n) is 6.86. The van der Waals surface area contributed by atoms with Crippen LogP contribution in [0.3, 0.4) is 0 Å². The molecule has 126 valence electrons. The molecule has 0 spiro atoms. The van der Waals surface area contributed by atoms with Crippen LogP contribution in [0.4, 0.5) is 4.79 Å². The number of nitrogens with one attached hydrogen (secondary N) is 3. The number of hydrogen-bond donors (Lipinski definition) is 4. The van der Waals surface area contributed by atoms with E-state index in [4.69, 9.17) is 28.3 Å². The lowest BCUT2D eigenvalue weighted by molar-refractivity contribution is -0.139. The minimum Gasteiger partial charge on any atom is -0.480 e. The van der Waals surface area contributed by atoms with Crippen molar-refractivity contribution in [2.45, 2.75) is 19.4 Å². The number of carboxylic acids is 1. The molecule has 0 saturated heterocycles. The average Bonchev–Trinajstić information content (AvgIpc) is 2.48. The minimum atomic E-state index is -1.32. The molecule has 0 aromatic heterocycles. The summed E-state index contributed by atoms with van der Waals surface area (Å²) in [5.74, 6) is -2.03. The van der Waals surface area contributed by atoms with Gasteiger partial charge in [-0.25, -0.2) is 9.59 Å². The number of amides is 3. The number of aliphatic carboxylic acids is 1. The highest BCUT2D eigenvalue weighted by Crippen LogP contribution is 2.24. The Kier molecular flexibility index (Phi) is 7.64. The zero-order valence-corrected chi connectivity index (χ0v) is 13.9. The third-order valence-electron chi connectivity index (χ3n) is 2.80. The van der Waals surface area contributed by atoms with Crippen LogP contribution in [0.25, 0.3) is 0 Å². The van der Waals surface area contributed by atoms with E-state index in [9.17, 15) is 14.4 Å². The molecule has 0 radical (unpaired) electrons. The first kappa shape index (κ1) is 19.1. The summed E-state index contributed by atoms with van der Waals surface area (Å²) in [6, 6.07) is 2.67. The van der Waals surface area contributed by atoms with Gasteiger partial charge in [0, 0.05) is 6.54 Å². The summed E-state index contributed by atoms with van der Waals surface area (Å²) in [6.07, 6.45) is 0.748. The fraction of sp³-hybridized carbons (Fsp3) is 0.357. The van der Waals surface area contributed by atoms with E-state index in [1.54, 1.807) is 6.07 Å². The fourth-order valence-electron chi connectivity index (χ4n) is 1.64. The lowest BCUT2D eigenvalue weighted by Crippen LogP contribution is -2.50. The summed E-state index contributed by atoms with van der Waals surface area (Å²) in [7, 11) is 0. The van der Waals surface area contributed by atoms with Gasteiger partial charge in [-0.3, -0.25) is 4.79 Å². The molecule has 0 aliphatic carbocycles. The van der Waals surface area contributed by atoms with Gasteiger partial charge in [-0.2, -0.15) is 0 Å². The largest absolute Gasteiger partial charge is 0.480 e. The topological polar surface area (TPSA) is 108 Å². The van der Waals surface area contributed by atoms with Crippen molar-refractivity contribution in [3.63, 3.8) is 0 Å². The molecule has 1 atom stereocenters. The van der Waals surface area contributed by atoms with Gasteiger partial charge in [-0.15, -0.1) is 0 Å². The second-order valence-electron chi connectivity index (χ2n) is 4.60. The number of rotatable bonds is 7. The number of carbonyl (C=O) groups is 3. The van der Waals surface area contributed by atoms with Crippen molar-refractivity contribution in [1.82, 2.24) is 16.0 Å². The van der Waals surface area contributed by atoms with Gasteiger partial charge in [0.25, 0.3) is 5.91 Å². The van der Waals surface area contributed by atoms with Gasteiger partial charge < -0.3 is 21.1 Å². The van der Waals surface area contributed by atoms with Crippen LogP contribution >= 0.6 is 23.2 Å². The predicted molar refractivity (Wildman–Crippen MR) is 87.0 cm³/mol. The van der Waals surface area contributed by atoms with E-state index < -0.39 is 23.9 Å². The maximum Gasteiger partial charge on any atom is 0.328 e. The van der Waals surface area contributed by atoms with Crippen molar-refractivity contribution in [1.29, 1.82) is 0 Å². The quantitative estimate of drug-likeness (QED) is 0.594. The Labute approximate surface area is 143 Å². The van der Waals surface area contributed by atoms with Crippen LogP contribution < -0.4 is 16.0 Å². The standard InChI is InChI=1S/C14H17Cl2N3O4/c1-2-6-17-14(23)18-7-10(13(21)22)19-12(20)11-8(15)4-3-5-9(11)16/h3-5,10H,2,6-7H2,1H3,(H,19,20)(H,21,22)(H2,17,18,23). The van der Waals surface area contributed by atoms with Gasteiger partial charge in [0.2, 0.25) is 0 Å². The van der Waals surface area contributed by atoms with E-state index in [0.717, 1.165) is 6.42 Å². The van der Waals surface area contributed by atoms with E-state index >= 15 is 0 Å². The van der Waals surface area contributed by atoms with Gasteiger partial charge in [0.05, 0.1) is 22.2 Å². The van der Waals surface area contributed by atoms with Crippen molar-refractivity contribution >= 4 is 41.1 Å². The van der Waals surface area contributed by atoms with Crippen LogP contribution in [0.1, 0.15) is 23.7 Å². The second-order valence-corrected chi connectivity index (χ2v) is 5.41. The lowest BCUT2D eigenvalue weighted by atomic mass is 10.2. The predicted octanol–water partition coefficient (Wildman–Crippen LogP) is 1.89. The molecule has 1 aromatic carbocycles. The third kappa shape index (κ3) is 5.96. The van der Waals surface area contributed by atoms with E-state index in [1.165, 1.54) is 12.1 Å². The summed E-state index contributed by atoms with van der Waals surface area (Å²) in [5, 5.41) is 16.5. The van der Waals surface area contributed by atoms with Crippen molar-refractivity contribution in [2.75, 3.05) is 13.1 Å². The first-order valence-corrected chi connectivity index (χ1v) is 7.61. The maximum absolute atomic E-state index is 12.1. The number of benzene rings is 1. The van der Waals surface area contributed by atoms with E-state index in [0.29, 0.717) is 6.54 Å². The normalized spacial score (nSPS) is 11.4. The van der Waals surface area contributed by atoms with Crippen LogP contribution in [0.2, 0.25) is 10.0 Å². The van der Waals surface area contributed by atoms with E-state index in [1.807, 2.05) is 6.92 Å². The zero-order valence-electron chi connectivity index (χ0n) is 12.4. The number of urea groups is 1. The maximum atomic E-state index is 12.1. The Morgan fingerprint density at radius 3 is 2.30 bits per heavy atom. The molecule has 0 fully saturated rings.